The van der Waals surface area contributed by atoms with Gasteiger partial charge in [0.2, 0.25) is 0 Å². The Hall–Kier alpha value is -0.870. The van der Waals surface area contributed by atoms with Crippen LogP contribution in [-0.2, 0) is 11.3 Å². The topological polar surface area (TPSA) is 53.1 Å². The van der Waals surface area contributed by atoms with Gasteiger partial charge < -0.3 is 15.0 Å². The summed E-state index contributed by atoms with van der Waals surface area (Å²) in [7, 11) is 0. The third-order valence-electron chi connectivity index (χ3n) is 4.94. The van der Waals surface area contributed by atoms with E-state index in [2.05, 4.69) is 37.2 Å². The summed E-state index contributed by atoms with van der Waals surface area (Å²) in [6.45, 7) is 10.6. The molecule has 21 heavy (non-hydrogen) atoms. The lowest BCUT2D eigenvalue weighted by molar-refractivity contribution is -0.102. The Balaban J connectivity index is 2.23. The lowest BCUT2D eigenvalue weighted by atomic mass is 9.68. The van der Waals surface area contributed by atoms with E-state index in [-0.39, 0.29) is 11.6 Å². The average Bonchev–Trinajstić information content (AvgIpc) is 2.89. The van der Waals surface area contributed by atoms with Crippen molar-refractivity contribution in [2.45, 2.75) is 78.0 Å². The molecule has 2 rings (SSSR count). The van der Waals surface area contributed by atoms with Gasteiger partial charge in [-0.15, -0.1) is 0 Å². The molecule has 4 nitrogen and oxygen atoms in total. The van der Waals surface area contributed by atoms with Crippen molar-refractivity contribution in [3.05, 3.63) is 18.2 Å². The zero-order valence-electron chi connectivity index (χ0n) is 14.1. The number of nitrogens with two attached hydrogens (primary N) is 1. The highest BCUT2D eigenvalue weighted by atomic mass is 16.5. The Kier molecular flexibility index (Phi) is 5.10. The molecule has 1 saturated carbocycles. The molecule has 4 heteroatoms. The van der Waals surface area contributed by atoms with Gasteiger partial charge >= 0.3 is 0 Å². The third kappa shape index (κ3) is 3.49. The molecule has 0 radical (unpaired) electrons. The molecule has 1 unspecified atom stereocenters. The van der Waals surface area contributed by atoms with Gasteiger partial charge in [-0.3, -0.25) is 0 Å². The number of ether oxygens (including phenoxy) is 1. The minimum Gasteiger partial charge on any atom is -0.373 e. The summed E-state index contributed by atoms with van der Waals surface area (Å²) < 4.78 is 8.39. The van der Waals surface area contributed by atoms with Crippen LogP contribution in [0.15, 0.2) is 12.4 Å². The van der Waals surface area contributed by atoms with Crippen LogP contribution in [0.2, 0.25) is 0 Å². The molecule has 1 fully saturated rings. The van der Waals surface area contributed by atoms with Crippen LogP contribution in [-0.4, -0.2) is 21.8 Å². The van der Waals surface area contributed by atoms with E-state index in [1.807, 2.05) is 12.4 Å². The molecule has 0 amide bonds. The zero-order chi connectivity index (χ0) is 15.5. The molecular formula is C17H31N3O. The van der Waals surface area contributed by atoms with Crippen LogP contribution in [0.4, 0.5) is 0 Å². The fourth-order valence-corrected chi connectivity index (χ4v) is 3.45. The van der Waals surface area contributed by atoms with Crippen LogP contribution >= 0.6 is 0 Å². The van der Waals surface area contributed by atoms with Gasteiger partial charge in [0.15, 0.2) is 0 Å². The van der Waals surface area contributed by atoms with Gasteiger partial charge in [0.25, 0.3) is 0 Å². The SMILES string of the molecule is CCCn1ccnc1C(N)C1(OCC)CCC(C)(C)CC1. The summed E-state index contributed by atoms with van der Waals surface area (Å²) in [5.74, 6) is 0.977. The van der Waals surface area contributed by atoms with Crippen LogP contribution < -0.4 is 5.73 Å². The maximum Gasteiger partial charge on any atom is 0.128 e. The molecule has 120 valence electrons. The van der Waals surface area contributed by atoms with Crippen molar-refractivity contribution in [1.82, 2.24) is 9.55 Å². The Bertz CT molecular complexity index is 443. The predicted molar refractivity (Wildman–Crippen MR) is 86.1 cm³/mol. The second-order valence-corrected chi connectivity index (χ2v) is 7.12. The number of hydrogen-bond donors (Lipinski definition) is 1. The molecule has 0 saturated heterocycles. The predicted octanol–water partition coefficient (Wildman–Crippen LogP) is 3.67. The Morgan fingerprint density at radius 1 is 1.29 bits per heavy atom. The van der Waals surface area contributed by atoms with E-state index >= 15 is 0 Å². The second-order valence-electron chi connectivity index (χ2n) is 7.12. The number of nitrogens with zero attached hydrogens (tertiary/aromatic N) is 2. The van der Waals surface area contributed by atoms with Crippen LogP contribution in [0.1, 0.15) is 71.7 Å². The van der Waals surface area contributed by atoms with Crippen molar-refractivity contribution in [3.8, 4) is 0 Å². The minimum atomic E-state index is -0.249. The Morgan fingerprint density at radius 2 is 1.95 bits per heavy atom. The molecule has 1 aliphatic rings. The first kappa shape index (κ1) is 16.5. The maximum atomic E-state index is 6.65. The lowest BCUT2D eigenvalue weighted by Crippen LogP contribution is -2.48. The Morgan fingerprint density at radius 3 is 2.52 bits per heavy atom. The molecule has 0 aliphatic heterocycles. The lowest BCUT2D eigenvalue weighted by Gasteiger charge is -2.46. The van der Waals surface area contributed by atoms with Gasteiger partial charge in [0.1, 0.15) is 5.82 Å². The van der Waals surface area contributed by atoms with Crippen LogP contribution in [0.5, 0.6) is 0 Å². The molecule has 0 aromatic carbocycles. The number of aryl methyl sites for hydroxylation is 1. The highest BCUT2D eigenvalue weighted by Gasteiger charge is 2.45. The third-order valence-corrected chi connectivity index (χ3v) is 4.94. The molecule has 2 N–H and O–H groups in total. The highest BCUT2D eigenvalue weighted by molar-refractivity contribution is 5.09. The summed E-state index contributed by atoms with van der Waals surface area (Å²) in [5.41, 5.74) is 6.80. The number of rotatable bonds is 6. The van der Waals surface area contributed by atoms with E-state index in [0.717, 1.165) is 44.5 Å². The quantitative estimate of drug-likeness (QED) is 0.870. The van der Waals surface area contributed by atoms with Crippen molar-refractivity contribution >= 4 is 0 Å². The van der Waals surface area contributed by atoms with Gasteiger partial charge in [-0.1, -0.05) is 20.8 Å². The number of hydrogen-bond acceptors (Lipinski definition) is 3. The van der Waals surface area contributed by atoms with E-state index in [9.17, 15) is 0 Å². The van der Waals surface area contributed by atoms with Crippen LogP contribution in [0.25, 0.3) is 0 Å². The van der Waals surface area contributed by atoms with Crippen molar-refractivity contribution in [2.75, 3.05) is 6.61 Å². The number of aromatic nitrogens is 2. The zero-order valence-corrected chi connectivity index (χ0v) is 14.1. The second kappa shape index (κ2) is 6.49. The smallest absolute Gasteiger partial charge is 0.128 e. The van der Waals surface area contributed by atoms with Crippen molar-refractivity contribution in [3.63, 3.8) is 0 Å². The van der Waals surface area contributed by atoms with Gasteiger partial charge in [0.05, 0.1) is 11.6 Å². The van der Waals surface area contributed by atoms with E-state index < -0.39 is 0 Å². The first-order valence-corrected chi connectivity index (χ1v) is 8.35. The van der Waals surface area contributed by atoms with Gasteiger partial charge in [-0.05, 0) is 44.4 Å². The summed E-state index contributed by atoms with van der Waals surface area (Å²) in [5, 5.41) is 0. The first-order chi connectivity index (χ1) is 9.94. The van der Waals surface area contributed by atoms with Gasteiger partial charge in [0, 0.05) is 25.5 Å². The van der Waals surface area contributed by atoms with E-state index in [1.165, 1.54) is 0 Å². The summed E-state index contributed by atoms with van der Waals surface area (Å²) in [6.07, 6.45) is 9.35. The summed E-state index contributed by atoms with van der Waals surface area (Å²) in [6, 6.07) is -0.143. The molecular weight excluding hydrogens is 262 g/mol. The molecule has 0 spiro atoms. The fraction of sp³-hybridized carbons (Fsp3) is 0.824. The monoisotopic (exact) mass is 293 g/mol. The van der Waals surface area contributed by atoms with Gasteiger partial charge in [-0.2, -0.15) is 0 Å². The standard InChI is InChI=1S/C17H31N3O/c1-5-12-20-13-11-19-15(20)14(18)17(21-6-2)9-7-16(3,4)8-10-17/h11,13-14H,5-10,12,18H2,1-4H3. The minimum absolute atomic E-state index is 0.143. The van der Waals surface area contributed by atoms with Crippen molar-refractivity contribution < 1.29 is 4.74 Å². The van der Waals surface area contributed by atoms with E-state index in [0.29, 0.717) is 12.0 Å². The molecule has 0 bridgehead atoms. The largest absolute Gasteiger partial charge is 0.373 e. The van der Waals surface area contributed by atoms with Crippen molar-refractivity contribution in [1.29, 1.82) is 0 Å². The van der Waals surface area contributed by atoms with Crippen LogP contribution in [0, 0.1) is 5.41 Å². The Labute approximate surface area is 129 Å². The maximum absolute atomic E-state index is 6.65. The van der Waals surface area contributed by atoms with E-state index in [4.69, 9.17) is 10.5 Å². The molecule has 1 aromatic rings. The number of imidazole rings is 1. The fourth-order valence-electron chi connectivity index (χ4n) is 3.45. The molecule has 1 heterocycles. The first-order valence-electron chi connectivity index (χ1n) is 8.35. The average molecular weight is 293 g/mol. The van der Waals surface area contributed by atoms with Crippen molar-refractivity contribution in [2.24, 2.45) is 11.1 Å². The molecule has 1 aliphatic carbocycles. The molecule has 1 atom stereocenters. The molecule has 1 aromatic heterocycles. The highest BCUT2D eigenvalue weighted by Crippen LogP contribution is 2.46. The normalized spacial score (nSPS) is 22.1. The van der Waals surface area contributed by atoms with E-state index in [1.54, 1.807) is 0 Å². The van der Waals surface area contributed by atoms with Gasteiger partial charge in [-0.25, -0.2) is 4.98 Å². The summed E-state index contributed by atoms with van der Waals surface area (Å²) >= 11 is 0. The van der Waals surface area contributed by atoms with Crippen LogP contribution in [0.3, 0.4) is 0 Å². The summed E-state index contributed by atoms with van der Waals surface area (Å²) in [4.78, 5) is 4.53.